The Hall–Kier alpha value is -1.13. The Morgan fingerprint density at radius 2 is 2.00 bits per heavy atom. The molecule has 0 heterocycles. The lowest BCUT2D eigenvalue weighted by Gasteiger charge is -2.57. The number of esters is 1. The second kappa shape index (κ2) is 7.47. The van der Waals surface area contributed by atoms with Gasteiger partial charge in [-0.3, -0.25) is 4.79 Å². The average molecular weight is 363 g/mol. The molecule has 146 valence electrons. The largest absolute Gasteiger partial charge is 0.469 e. The number of allylic oxidation sites excluding steroid dienone is 3. The summed E-state index contributed by atoms with van der Waals surface area (Å²) in [5.41, 5.74) is 0.350. The summed E-state index contributed by atoms with van der Waals surface area (Å²) < 4.78 is 16.1. The van der Waals surface area contributed by atoms with Crippen LogP contribution in [0.25, 0.3) is 0 Å². The molecule has 2 fully saturated rings. The van der Waals surface area contributed by atoms with E-state index in [1.54, 1.807) is 7.11 Å². The Morgan fingerprint density at radius 3 is 2.65 bits per heavy atom. The molecular formula is C22H34O4. The van der Waals surface area contributed by atoms with Crippen LogP contribution in [0.3, 0.4) is 0 Å². The molecule has 0 bridgehead atoms. The fourth-order valence-corrected chi connectivity index (χ4v) is 5.94. The molecule has 0 saturated heterocycles. The van der Waals surface area contributed by atoms with Crippen LogP contribution in [0.4, 0.5) is 0 Å². The van der Waals surface area contributed by atoms with Gasteiger partial charge in [0, 0.05) is 7.11 Å². The molecule has 0 spiro atoms. The van der Waals surface area contributed by atoms with Crippen molar-refractivity contribution in [3.8, 4) is 0 Å². The monoisotopic (exact) mass is 362 g/mol. The molecule has 3 aliphatic rings. The first kappa shape index (κ1) is 19.6. The zero-order valence-electron chi connectivity index (χ0n) is 16.7. The molecule has 3 rings (SSSR count). The molecule has 0 aromatic heterocycles. The van der Waals surface area contributed by atoms with Gasteiger partial charge in [0.15, 0.2) is 0 Å². The molecule has 0 aromatic carbocycles. The van der Waals surface area contributed by atoms with E-state index in [2.05, 4.69) is 38.7 Å². The molecule has 0 amide bonds. The maximum absolute atomic E-state index is 12.7. The van der Waals surface area contributed by atoms with Crippen LogP contribution in [0.15, 0.2) is 24.8 Å². The Kier molecular flexibility index (Phi) is 5.64. The molecule has 0 aromatic rings. The third kappa shape index (κ3) is 3.27. The van der Waals surface area contributed by atoms with Gasteiger partial charge >= 0.3 is 5.97 Å². The van der Waals surface area contributed by atoms with Crippen molar-refractivity contribution in [1.29, 1.82) is 0 Å². The SMILES string of the molecule is C=C[C@]1(C)CC[C@@H]2[C@H](C=C[C@H]3[C@H](C(=O)OC)[C@@H](OCOC)CC[C@]23C)C1. The lowest BCUT2D eigenvalue weighted by molar-refractivity contribution is -0.177. The van der Waals surface area contributed by atoms with Crippen molar-refractivity contribution < 1.29 is 19.0 Å². The average Bonchev–Trinajstić information content (AvgIpc) is 2.65. The van der Waals surface area contributed by atoms with Crippen molar-refractivity contribution in [2.75, 3.05) is 21.0 Å². The minimum atomic E-state index is -0.251. The third-order valence-corrected chi connectivity index (χ3v) is 7.54. The zero-order valence-corrected chi connectivity index (χ0v) is 16.7. The van der Waals surface area contributed by atoms with Gasteiger partial charge in [0.2, 0.25) is 0 Å². The van der Waals surface area contributed by atoms with Gasteiger partial charge in [-0.15, -0.1) is 6.58 Å². The highest BCUT2D eigenvalue weighted by Crippen LogP contribution is 2.60. The lowest BCUT2D eigenvalue weighted by atomic mass is 9.47. The van der Waals surface area contributed by atoms with E-state index in [9.17, 15) is 4.79 Å². The minimum Gasteiger partial charge on any atom is -0.469 e. The quantitative estimate of drug-likeness (QED) is 0.414. The van der Waals surface area contributed by atoms with Gasteiger partial charge < -0.3 is 14.2 Å². The van der Waals surface area contributed by atoms with Crippen LogP contribution < -0.4 is 0 Å². The Balaban J connectivity index is 1.90. The Morgan fingerprint density at radius 1 is 1.23 bits per heavy atom. The van der Waals surface area contributed by atoms with E-state index in [0.717, 1.165) is 19.3 Å². The summed E-state index contributed by atoms with van der Waals surface area (Å²) in [6, 6.07) is 0. The standard InChI is InChI=1S/C22H34O4/c1-6-21(2)11-9-16-15(13-21)7-8-17-19(20(23)25-5)18(26-14-24-4)10-12-22(16,17)3/h6-8,15-19H,1,9-14H2,2-5H3/t15-,16-,17+,18+,19+,21-,22-/m1/s1. The first-order valence-corrected chi connectivity index (χ1v) is 9.89. The maximum atomic E-state index is 12.7. The molecular weight excluding hydrogens is 328 g/mol. The first-order chi connectivity index (χ1) is 12.4. The van der Waals surface area contributed by atoms with Crippen molar-refractivity contribution in [3.05, 3.63) is 24.8 Å². The molecule has 26 heavy (non-hydrogen) atoms. The summed E-state index contributed by atoms with van der Waals surface area (Å²) in [5, 5.41) is 0. The topological polar surface area (TPSA) is 44.8 Å². The molecule has 0 unspecified atom stereocenters. The van der Waals surface area contributed by atoms with Gasteiger partial charge in [-0.2, -0.15) is 0 Å². The molecule has 0 aliphatic heterocycles. The smallest absolute Gasteiger partial charge is 0.311 e. The summed E-state index contributed by atoms with van der Waals surface area (Å²) in [6.45, 7) is 8.99. The van der Waals surface area contributed by atoms with Crippen LogP contribution in [0.1, 0.15) is 46.0 Å². The molecule has 3 aliphatic carbocycles. The lowest BCUT2D eigenvalue weighted by Crippen LogP contribution is -2.55. The highest BCUT2D eigenvalue weighted by atomic mass is 16.7. The maximum Gasteiger partial charge on any atom is 0.311 e. The van der Waals surface area contributed by atoms with Crippen LogP contribution in [-0.2, 0) is 19.0 Å². The summed E-state index contributed by atoms with van der Waals surface area (Å²) in [5.74, 6) is 0.944. The predicted octanol–water partition coefficient (Wildman–Crippen LogP) is 4.36. The number of hydrogen-bond acceptors (Lipinski definition) is 4. The van der Waals surface area contributed by atoms with Crippen molar-refractivity contribution in [2.45, 2.75) is 52.1 Å². The van der Waals surface area contributed by atoms with Gasteiger partial charge in [-0.05, 0) is 60.7 Å². The fourth-order valence-electron chi connectivity index (χ4n) is 5.94. The first-order valence-electron chi connectivity index (χ1n) is 9.89. The van der Waals surface area contributed by atoms with E-state index in [0.29, 0.717) is 11.8 Å². The van der Waals surface area contributed by atoms with E-state index in [-0.39, 0.29) is 41.5 Å². The molecule has 2 saturated carbocycles. The third-order valence-electron chi connectivity index (χ3n) is 7.54. The van der Waals surface area contributed by atoms with Crippen molar-refractivity contribution in [3.63, 3.8) is 0 Å². The summed E-state index contributed by atoms with van der Waals surface area (Å²) in [7, 11) is 3.09. The van der Waals surface area contributed by atoms with E-state index < -0.39 is 0 Å². The Bertz CT molecular complexity index is 570. The van der Waals surface area contributed by atoms with Crippen LogP contribution in [0, 0.1) is 34.5 Å². The second-order valence-electron chi connectivity index (χ2n) is 8.99. The second-order valence-corrected chi connectivity index (χ2v) is 8.99. The van der Waals surface area contributed by atoms with E-state index >= 15 is 0 Å². The van der Waals surface area contributed by atoms with Crippen molar-refractivity contribution >= 4 is 5.97 Å². The minimum absolute atomic E-state index is 0.119. The van der Waals surface area contributed by atoms with Gasteiger partial charge in [0.05, 0.1) is 19.1 Å². The number of carbonyl (C=O) groups is 1. The number of hydrogen-bond donors (Lipinski definition) is 0. The van der Waals surface area contributed by atoms with E-state index in [4.69, 9.17) is 14.2 Å². The highest BCUT2D eigenvalue weighted by Gasteiger charge is 2.56. The summed E-state index contributed by atoms with van der Waals surface area (Å²) in [6.07, 6.45) is 12.2. The van der Waals surface area contributed by atoms with Gasteiger partial charge in [-0.1, -0.05) is 32.1 Å². The number of carbonyl (C=O) groups excluding carboxylic acids is 1. The van der Waals surface area contributed by atoms with Crippen molar-refractivity contribution in [2.24, 2.45) is 34.5 Å². The molecule has 0 radical (unpaired) electrons. The number of rotatable bonds is 5. The highest BCUT2D eigenvalue weighted by molar-refractivity contribution is 5.74. The van der Waals surface area contributed by atoms with Gasteiger partial charge in [-0.25, -0.2) is 0 Å². The Labute approximate surface area is 158 Å². The summed E-state index contributed by atoms with van der Waals surface area (Å²) >= 11 is 0. The van der Waals surface area contributed by atoms with E-state index in [1.807, 2.05) is 0 Å². The van der Waals surface area contributed by atoms with Gasteiger partial charge in [0.1, 0.15) is 6.79 Å². The zero-order chi connectivity index (χ0) is 18.9. The fraction of sp³-hybridized carbons (Fsp3) is 0.773. The van der Waals surface area contributed by atoms with Crippen LogP contribution in [0.2, 0.25) is 0 Å². The number of fused-ring (bicyclic) bond motifs is 3. The molecule has 0 N–H and O–H groups in total. The predicted molar refractivity (Wildman–Crippen MR) is 101 cm³/mol. The summed E-state index contributed by atoms with van der Waals surface area (Å²) in [4.78, 5) is 12.7. The van der Waals surface area contributed by atoms with Crippen molar-refractivity contribution in [1.82, 2.24) is 0 Å². The van der Waals surface area contributed by atoms with Gasteiger partial charge in [0.25, 0.3) is 0 Å². The molecule has 7 atom stereocenters. The van der Waals surface area contributed by atoms with Crippen LogP contribution >= 0.6 is 0 Å². The van der Waals surface area contributed by atoms with Crippen LogP contribution in [-0.4, -0.2) is 33.1 Å². The van der Waals surface area contributed by atoms with Crippen LogP contribution in [0.5, 0.6) is 0 Å². The van der Waals surface area contributed by atoms with E-state index in [1.165, 1.54) is 20.0 Å². The molecule has 4 heteroatoms. The number of methoxy groups -OCH3 is 2. The normalized spacial score (nSPS) is 44.7. The number of ether oxygens (including phenoxy) is 3. The molecule has 4 nitrogen and oxygen atoms in total.